The van der Waals surface area contributed by atoms with Crippen molar-refractivity contribution in [2.24, 2.45) is 0 Å². The summed E-state index contributed by atoms with van der Waals surface area (Å²) in [6, 6.07) is 1.67. The highest BCUT2D eigenvalue weighted by Crippen LogP contribution is 2.17. The molecule has 5 heteroatoms. The first-order chi connectivity index (χ1) is 7.22. The van der Waals surface area contributed by atoms with Gasteiger partial charge in [0.1, 0.15) is 0 Å². The minimum atomic E-state index is -0.382. The molecule has 0 fully saturated rings. The van der Waals surface area contributed by atoms with Gasteiger partial charge in [-0.25, -0.2) is 9.78 Å². The maximum atomic E-state index is 11.4. The number of hydrogen-bond donors (Lipinski definition) is 0. The fourth-order valence-electron chi connectivity index (χ4n) is 1.27. The Kier molecular flexibility index (Phi) is 2.37. The highest BCUT2D eigenvalue weighted by atomic mass is 16.5. The number of esters is 1. The molecule has 0 amide bonds. The molecule has 0 radical (unpaired) electrons. The Morgan fingerprint density at radius 3 is 3.13 bits per heavy atom. The van der Waals surface area contributed by atoms with Gasteiger partial charge in [-0.2, -0.15) is 0 Å². The molecule has 15 heavy (non-hydrogen) atoms. The van der Waals surface area contributed by atoms with Crippen LogP contribution in [0.1, 0.15) is 23.0 Å². The lowest BCUT2D eigenvalue weighted by Gasteiger charge is -1.99. The lowest BCUT2D eigenvalue weighted by molar-refractivity contribution is 0.0526. The van der Waals surface area contributed by atoms with Gasteiger partial charge in [-0.05, 0) is 19.9 Å². The average molecular weight is 206 g/mol. The lowest BCUT2D eigenvalue weighted by Crippen LogP contribution is -2.04. The molecule has 0 saturated carbocycles. The minimum absolute atomic E-state index is 0.347. The first-order valence-corrected chi connectivity index (χ1v) is 4.61. The Labute approximate surface area is 86.0 Å². The second-order valence-corrected chi connectivity index (χ2v) is 3.07. The van der Waals surface area contributed by atoms with E-state index in [4.69, 9.17) is 9.26 Å². The van der Waals surface area contributed by atoms with Crippen LogP contribution >= 0.6 is 0 Å². The van der Waals surface area contributed by atoms with Crippen LogP contribution in [0.2, 0.25) is 0 Å². The van der Waals surface area contributed by atoms with E-state index < -0.39 is 0 Å². The molecular weight excluding hydrogens is 196 g/mol. The summed E-state index contributed by atoms with van der Waals surface area (Å²) < 4.78 is 9.79. The summed E-state index contributed by atoms with van der Waals surface area (Å²) in [5, 5.41) is 4.49. The number of carbonyl (C=O) groups excluding carboxylic acids is 1. The van der Waals surface area contributed by atoms with Crippen molar-refractivity contribution in [1.29, 1.82) is 0 Å². The van der Waals surface area contributed by atoms with Crippen molar-refractivity contribution < 1.29 is 14.1 Å². The second kappa shape index (κ2) is 3.68. The van der Waals surface area contributed by atoms with E-state index in [1.807, 2.05) is 0 Å². The van der Waals surface area contributed by atoms with Gasteiger partial charge >= 0.3 is 5.97 Å². The maximum absolute atomic E-state index is 11.4. The van der Waals surface area contributed by atoms with Crippen molar-refractivity contribution in [3.63, 3.8) is 0 Å². The minimum Gasteiger partial charge on any atom is -0.462 e. The van der Waals surface area contributed by atoms with Crippen LogP contribution in [0.5, 0.6) is 0 Å². The molecule has 0 aliphatic carbocycles. The van der Waals surface area contributed by atoms with Gasteiger partial charge < -0.3 is 9.26 Å². The second-order valence-electron chi connectivity index (χ2n) is 3.07. The van der Waals surface area contributed by atoms with E-state index in [0.29, 0.717) is 23.6 Å². The number of aryl methyl sites for hydroxylation is 1. The summed E-state index contributed by atoms with van der Waals surface area (Å²) >= 11 is 0. The monoisotopic (exact) mass is 206 g/mol. The number of rotatable bonds is 2. The molecule has 5 nitrogen and oxygen atoms in total. The Balaban J connectivity index is 2.45. The predicted molar refractivity (Wildman–Crippen MR) is 52.5 cm³/mol. The molecule has 0 N–H and O–H groups in total. The zero-order chi connectivity index (χ0) is 10.8. The summed E-state index contributed by atoms with van der Waals surface area (Å²) in [5.41, 5.74) is 1.56. The van der Waals surface area contributed by atoms with Crippen molar-refractivity contribution >= 4 is 17.1 Å². The Bertz CT molecular complexity index is 504. The molecule has 2 aromatic rings. The van der Waals surface area contributed by atoms with Crippen molar-refractivity contribution in [3.05, 3.63) is 23.5 Å². The molecule has 0 spiro atoms. The third kappa shape index (κ3) is 1.68. The summed E-state index contributed by atoms with van der Waals surface area (Å²) in [6.45, 7) is 3.90. The molecule has 0 aliphatic heterocycles. The van der Waals surface area contributed by atoms with Gasteiger partial charge in [-0.15, -0.1) is 0 Å². The highest BCUT2D eigenvalue weighted by Gasteiger charge is 2.11. The number of fused-ring (bicyclic) bond motifs is 1. The fraction of sp³-hybridized carbons (Fsp3) is 0.300. The first kappa shape index (κ1) is 9.64. The number of carbonyl (C=O) groups is 1. The van der Waals surface area contributed by atoms with Crippen LogP contribution in [0, 0.1) is 6.92 Å². The molecule has 2 aromatic heterocycles. The van der Waals surface area contributed by atoms with Gasteiger partial charge in [0.15, 0.2) is 0 Å². The molecule has 78 valence electrons. The summed E-state index contributed by atoms with van der Waals surface area (Å²) in [7, 11) is 0. The van der Waals surface area contributed by atoms with E-state index in [0.717, 1.165) is 5.39 Å². The molecule has 0 aromatic carbocycles. The first-order valence-electron chi connectivity index (χ1n) is 4.61. The van der Waals surface area contributed by atoms with Crippen molar-refractivity contribution in [3.8, 4) is 0 Å². The predicted octanol–water partition coefficient (Wildman–Crippen LogP) is 1.71. The van der Waals surface area contributed by atoms with E-state index in [2.05, 4.69) is 10.1 Å². The molecular formula is C10H10N2O3. The van der Waals surface area contributed by atoms with Gasteiger partial charge in [-0.3, -0.25) is 0 Å². The van der Waals surface area contributed by atoms with Crippen LogP contribution in [0.4, 0.5) is 0 Å². The molecule has 2 rings (SSSR count). The van der Waals surface area contributed by atoms with Crippen LogP contribution in [-0.2, 0) is 4.74 Å². The van der Waals surface area contributed by atoms with E-state index in [1.54, 1.807) is 19.9 Å². The van der Waals surface area contributed by atoms with Crippen LogP contribution < -0.4 is 0 Å². The lowest BCUT2D eigenvalue weighted by atomic mass is 10.2. The topological polar surface area (TPSA) is 65.2 Å². The molecule has 0 bridgehead atoms. The van der Waals surface area contributed by atoms with Crippen LogP contribution in [-0.4, -0.2) is 22.7 Å². The Morgan fingerprint density at radius 2 is 2.40 bits per heavy atom. The summed E-state index contributed by atoms with van der Waals surface area (Å²) in [4.78, 5) is 15.4. The van der Waals surface area contributed by atoms with E-state index in [1.165, 1.54) is 6.20 Å². The van der Waals surface area contributed by atoms with Gasteiger partial charge in [0.25, 0.3) is 5.71 Å². The fourth-order valence-corrected chi connectivity index (χ4v) is 1.27. The average Bonchev–Trinajstić information content (AvgIpc) is 2.60. The summed E-state index contributed by atoms with van der Waals surface area (Å²) in [5.74, 6) is -0.382. The zero-order valence-corrected chi connectivity index (χ0v) is 8.48. The Hall–Kier alpha value is -1.91. The summed E-state index contributed by atoms with van der Waals surface area (Å²) in [6.07, 6.45) is 1.42. The normalized spacial score (nSPS) is 10.5. The van der Waals surface area contributed by atoms with E-state index in [9.17, 15) is 4.79 Å². The number of nitrogens with zero attached hydrogens (tertiary/aromatic N) is 2. The quantitative estimate of drug-likeness (QED) is 0.700. The third-order valence-electron chi connectivity index (χ3n) is 2.02. The highest BCUT2D eigenvalue weighted by molar-refractivity contribution is 5.93. The number of ether oxygens (including phenoxy) is 1. The molecule has 2 heterocycles. The van der Waals surface area contributed by atoms with Crippen molar-refractivity contribution in [2.45, 2.75) is 13.8 Å². The smallest absolute Gasteiger partial charge is 0.339 e. The van der Waals surface area contributed by atoms with Crippen molar-refractivity contribution in [1.82, 2.24) is 10.1 Å². The number of hydrogen-bond acceptors (Lipinski definition) is 5. The third-order valence-corrected chi connectivity index (χ3v) is 2.02. The standard InChI is InChI=1S/C10H10N2O3/c1-3-14-10(13)7-4-8-6(2)12-15-9(8)11-5-7/h4-5H,3H2,1-2H3. The largest absolute Gasteiger partial charge is 0.462 e. The molecule has 0 atom stereocenters. The Morgan fingerprint density at radius 1 is 1.60 bits per heavy atom. The molecule has 0 saturated heterocycles. The van der Waals surface area contributed by atoms with Crippen molar-refractivity contribution in [2.75, 3.05) is 6.61 Å². The molecule has 0 aliphatic rings. The van der Waals surface area contributed by atoms with Crippen LogP contribution in [0.25, 0.3) is 11.1 Å². The van der Waals surface area contributed by atoms with E-state index >= 15 is 0 Å². The van der Waals surface area contributed by atoms with Crippen LogP contribution in [0.15, 0.2) is 16.8 Å². The van der Waals surface area contributed by atoms with Crippen LogP contribution in [0.3, 0.4) is 0 Å². The SMILES string of the molecule is CCOC(=O)c1cnc2onc(C)c2c1. The van der Waals surface area contributed by atoms with Gasteiger partial charge in [0.05, 0.1) is 23.3 Å². The number of pyridine rings is 1. The van der Waals surface area contributed by atoms with Gasteiger partial charge in [-0.1, -0.05) is 5.16 Å². The number of aromatic nitrogens is 2. The van der Waals surface area contributed by atoms with Gasteiger partial charge in [0.2, 0.25) is 0 Å². The van der Waals surface area contributed by atoms with Gasteiger partial charge in [0, 0.05) is 6.20 Å². The molecule has 0 unspecified atom stereocenters. The van der Waals surface area contributed by atoms with E-state index in [-0.39, 0.29) is 5.97 Å². The zero-order valence-electron chi connectivity index (χ0n) is 8.48. The maximum Gasteiger partial charge on any atom is 0.339 e.